The Kier molecular flexibility index (Phi) is 7.75. The lowest BCUT2D eigenvalue weighted by molar-refractivity contribution is -0.122. The Hall–Kier alpha value is -2.28. The minimum absolute atomic E-state index is 0.0298. The van der Waals surface area contributed by atoms with E-state index in [2.05, 4.69) is 5.32 Å². The lowest BCUT2D eigenvalue weighted by Crippen LogP contribution is -2.43. The maximum Gasteiger partial charge on any atom is 0.265 e. The number of amides is 2. The molecule has 1 N–H and O–H groups in total. The van der Waals surface area contributed by atoms with E-state index in [0.29, 0.717) is 29.7 Å². The molecule has 0 radical (unpaired) electrons. The molecule has 7 heteroatoms. The average molecular weight is 431 g/mol. The minimum Gasteiger partial charge on any atom is -0.382 e. The minimum atomic E-state index is -0.196. The number of anilines is 1. The molecule has 0 aromatic heterocycles. The van der Waals surface area contributed by atoms with E-state index in [1.54, 1.807) is 12.1 Å². The molecule has 0 unspecified atom stereocenters. The summed E-state index contributed by atoms with van der Waals surface area (Å²) in [4.78, 5) is 28.6. The number of rotatable bonds is 8. The van der Waals surface area contributed by atoms with Gasteiger partial charge in [-0.2, -0.15) is 0 Å². The van der Waals surface area contributed by atoms with Gasteiger partial charge < -0.3 is 10.1 Å². The second-order valence-corrected chi connectivity index (χ2v) is 7.95. The Labute approximate surface area is 180 Å². The Balaban J connectivity index is 1.76. The summed E-state index contributed by atoms with van der Waals surface area (Å²) < 4.78 is 5.27. The van der Waals surface area contributed by atoms with Crippen molar-refractivity contribution in [2.75, 3.05) is 31.2 Å². The van der Waals surface area contributed by atoms with Crippen molar-refractivity contribution in [2.24, 2.45) is 0 Å². The van der Waals surface area contributed by atoms with Gasteiger partial charge in [0.25, 0.3) is 5.91 Å². The molecule has 0 spiro atoms. The van der Waals surface area contributed by atoms with Gasteiger partial charge in [-0.3, -0.25) is 14.5 Å². The summed E-state index contributed by atoms with van der Waals surface area (Å²) in [6.07, 6.45) is 2.54. The van der Waals surface area contributed by atoms with E-state index < -0.39 is 0 Å². The first-order valence-electron chi connectivity index (χ1n) is 9.49. The van der Waals surface area contributed by atoms with Gasteiger partial charge in [0.15, 0.2) is 0 Å². The highest BCUT2D eigenvalue weighted by atomic mass is 35.5. The first-order valence-corrected chi connectivity index (χ1v) is 10.7. The second kappa shape index (κ2) is 10.5. The molecule has 29 heavy (non-hydrogen) atoms. The van der Waals surface area contributed by atoms with Crippen LogP contribution in [0, 0.1) is 0 Å². The molecule has 0 bridgehead atoms. The predicted octanol–water partition coefficient (Wildman–Crippen LogP) is 4.36. The zero-order valence-electron chi connectivity index (χ0n) is 16.2. The first kappa shape index (κ1) is 21.4. The molecule has 2 aromatic rings. The molecular formula is C22H23ClN2O3S. The molecule has 2 aromatic carbocycles. The molecular weight excluding hydrogens is 408 g/mol. The fourth-order valence-corrected chi connectivity index (χ4v) is 4.17. The number of carbonyl (C=O) groups is 2. The Bertz CT molecular complexity index is 916. The highest BCUT2D eigenvalue weighted by molar-refractivity contribution is 8.04. The maximum absolute atomic E-state index is 13.1. The van der Waals surface area contributed by atoms with Crippen molar-refractivity contribution in [2.45, 2.75) is 18.2 Å². The summed E-state index contributed by atoms with van der Waals surface area (Å²) in [6, 6.07) is 14.9. The van der Waals surface area contributed by atoms with Gasteiger partial charge in [0.05, 0.1) is 10.6 Å². The Morgan fingerprint density at radius 2 is 2.07 bits per heavy atom. The molecule has 2 amide bonds. The highest BCUT2D eigenvalue weighted by Gasteiger charge is 2.30. The van der Waals surface area contributed by atoms with Crippen LogP contribution in [0.1, 0.15) is 18.9 Å². The fourth-order valence-electron chi connectivity index (χ4n) is 2.91. The SMILES string of the molecule is CCOCCCNC(=O)CN1C(=O)/C(=C/c2cccc(Cl)c2)Sc2ccccc21. The van der Waals surface area contributed by atoms with Gasteiger partial charge in [-0.05, 0) is 49.2 Å². The summed E-state index contributed by atoms with van der Waals surface area (Å²) in [5.74, 6) is -0.392. The van der Waals surface area contributed by atoms with Gasteiger partial charge in [0.2, 0.25) is 5.91 Å². The van der Waals surface area contributed by atoms with Gasteiger partial charge in [0, 0.05) is 29.7 Å². The topological polar surface area (TPSA) is 58.6 Å². The van der Waals surface area contributed by atoms with Crippen LogP contribution in [0.5, 0.6) is 0 Å². The van der Waals surface area contributed by atoms with E-state index in [4.69, 9.17) is 16.3 Å². The van der Waals surface area contributed by atoms with Crippen LogP contribution in [-0.4, -0.2) is 38.1 Å². The number of hydrogen-bond acceptors (Lipinski definition) is 4. The fraction of sp³-hybridized carbons (Fsp3) is 0.273. The third-order valence-corrected chi connectivity index (χ3v) is 5.58. The van der Waals surface area contributed by atoms with E-state index in [0.717, 1.165) is 22.6 Å². The monoisotopic (exact) mass is 430 g/mol. The molecule has 0 saturated heterocycles. The second-order valence-electron chi connectivity index (χ2n) is 6.43. The van der Waals surface area contributed by atoms with Crippen molar-refractivity contribution < 1.29 is 14.3 Å². The number of nitrogens with one attached hydrogen (secondary N) is 1. The van der Waals surface area contributed by atoms with Crippen LogP contribution in [0.15, 0.2) is 58.3 Å². The van der Waals surface area contributed by atoms with Gasteiger partial charge in [-0.1, -0.05) is 47.6 Å². The molecule has 1 aliphatic rings. The smallest absolute Gasteiger partial charge is 0.265 e. The van der Waals surface area contributed by atoms with E-state index >= 15 is 0 Å². The van der Waals surface area contributed by atoms with Crippen molar-refractivity contribution in [1.29, 1.82) is 0 Å². The number of hydrogen-bond donors (Lipinski definition) is 1. The van der Waals surface area contributed by atoms with Crippen LogP contribution in [-0.2, 0) is 14.3 Å². The van der Waals surface area contributed by atoms with E-state index in [9.17, 15) is 9.59 Å². The van der Waals surface area contributed by atoms with Gasteiger partial charge in [-0.15, -0.1) is 0 Å². The number of fused-ring (bicyclic) bond motifs is 1. The Morgan fingerprint density at radius 1 is 1.24 bits per heavy atom. The third-order valence-electron chi connectivity index (χ3n) is 4.27. The average Bonchev–Trinajstić information content (AvgIpc) is 2.71. The number of para-hydroxylation sites is 1. The summed E-state index contributed by atoms with van der Waals surface area (Å²) >= 11 is 7.47. The molecule has 1 heterocycles. The normalized spacial score (nSPS) is 14.8. The summed E-state index contributed by atoms with van der Waals surface area (Å²) in [5, 5.41) is 3.46. The molecule has 0 aliphatic carbocycles. The Morgan fingerprint density at radius 3 is 2.86 bits per heavy atom. The molecule has 0 atom stereocenters. The molecule has 152 valence electrons. The molecule has 5 nitrogen and oxygen atoms in total. The predicted molar refractivity (Wildman–Crippen MR) is 118 cm³/mol. The molecule has 0 fully saturated rings. The van der Waals surface area contributed by atoms with Crippen molar-refractivity contribution in [1.82, 2.24) is 5.32 Å². The zero-order valence-corrected chi connectivity index (χ0v) is 17.8. The van der Waals surface area contributed by atoms with E-state index in [-0.39, 0.29) is 18.4 Å². The number of halogens is 1. The lowest BCUT2D eigenvalue weighted by Gasteiger charge is -2.29. The molecule has 3 rings (SSSR count). The molecule has 0 saturated carbocycles. The summed E-state index contributed by atoms with van der Waals surface area (Å²) in [6.45, 7) is 3.68. The summed E-state index contributed by atoms with van der Waals surface area (Å²) in [5.41, 5.74) is 1.59. The van der Waals surface area contributed by atoms with Crippen molar-refractivity contribution in [3.63, 3.8) is 0 Å². The zero-order chi connectivity index (χ0) is 20.6. The van der Waals surface area contributed by atoms with Crippen LogP contribution in [0.4, 0.5) is 5.69 Å². The number of thioether (sulfide) groups is 1. The van der Waals surface area contributed by atoms with Crippen molar-refractivity contribution >= 4 is 46.9 Å². The van der Waals surface area contributed by atoms with E-state index in [1.807, 2.05) is 49.4 Å². The largest absolute Gasteiger partial charge is 0.382 e. The third kappa shape index (κ3) is 5.85. The van der Waals surface area contributed by atoms with E-state index in [1.165, 1.54) is 16.7 Å². The quantitative estimate of drug-likeness (QED) is 0.499. The van der Waals surface area contributed by atoms with Gasteiger partial charge in [-0.25, -0.2) is 0 Å². The molecule has 1 aliphatic heterocycles. The first-order chi connectivity index (χ1) is 14.1. The van der Waals surface area contributed by atoms with Crippen molar-refractivity contribution in [3.05, 3.63) is 64.0 Å². The van der Waals surface area contributed by atoms with Gasteiger partial charge >= 0.3 is 0 Å². The number of benzene rings is 2. The summed E-state index contributed by atoms with van der Waals surface area (Å²) in [7, 11) is 0. The number of ether oxygens (including phenoxy) is 1. The standard InChI is InChI=1S/C22H23ClN2O3S/c1-2-28-12-6-11-24-21(26)15-25-18-9-3-4-10-19(18)29-20(22(25)27)14-16-7-5-8-17(23)13-16/h3-5,7-10,13-14H,2,6,11-12,15H2,1H3,(H,24,26)/b20-14-. The van der Waals surface area contributed by atoms with Crippen LogP contribution in [0.25, 0.3) is 6.08 Å². The van der Waals surface area contributed by atoms with Gasteiger partial charge in [0.1, 0.15) is 6.54 Å². The van der Waals surface area contributed by atoms with Crippen LogP contribution < -0.4 is 10.2 Å². The van der Waals surface area contributed by atoms with Crippen molar-refractivity contribution in [3.8, 4) is 0 Å². The van der Waals surface area contributed by atoms with Crippen LogP contribution in [0.3, 0.4) is 0 Å². The lowest BCUT2D eigenvalue weighted by atomic mass is 10.2. The maximum atomic E-state index is 13.1. The van der Waals surface area contributed by atoms with Crippen LogP contribution >= 0.6 is 23.4 Å². The highest BCUT2D eigenvalue weighted by Crippen LogP contribution is 2.41. The van der Waals surface area contributed by atoms with Crippen LogP contribution in [0.2, 0.25) is 5.02 Å². The number of nitrogens with zero attached hydrogens (tertiary/aromatic N) is 1. The number of carbonyl (C=O) groups excluding carboxylic acids is 2.